The Morgan fingerprint density at radius 2 is 2.00 bits per heavy atom. The largest absolute Gasteiger partial charge is 0.330 e. The van der Waals surface area contributed by atoms with Gasteiger partial charge in [0.15, 0.2) is 0 Å². The third-order valence-corrected chi connectivity index (χ3v) is 2.79. The normalized spacial score (nSPS) is 15.9. The Morgan fingerprint density at radius 3 is 2.50 bits per heavy atom. The van der Waals surface area contributed by atoms with Gasteiger partial charge in [0.2, 0.25) is 5.91 Å². The van der Waals surface area contributed by atoms with Crippen molar-refractivity contribution in [3.05, 3.63) is 0 Å². The maximum absolute atomic E-state index is 11.1. The summed E-state index contributed by atoms with van der Waals surface area (Å²) in [5.74, 6) is 0.262. The lowest BCUT2D eigenvalue weighted by molar-refractivity contribution is -0.124. The first-order chi connectivity index (χ1) is 6.25. The van der Waals surface area contributed by atoms with Crippen molar-refractivity contribution in [2.45, 2.75) is 19.3 Å². The molecule has 0 aromatic heterocycles. The molecule has 6 heteroatoms. The summed E-state index contributed by atoms with van der Waals surface area (Å²) >= 11 is 1.09. The van der Waals surface area contributed by atoms with Gasteiger partial charge >= 0.3 is 0 Å². The van der Waals surface area contributed by atoms with Gasteiger partial charge in [-0.05, 0) is 19.4 Å². The first kappa shape index (κ1) is 13.7. The quantitative estimate of drug-likeness (QED) is 0.732. The van der Waals surface area contributed by atoms with Crippen LogP contribution in [0.3, 0.4) is 0 Å². The molecule has 0 aromatic carbocycles. The number of unbranched alkanes of at least 4 members (excludes halogenated alkanes) is 2. The second-order valence-corrected chi connectivity index (χ2v) is 3.88. The van der Waals surface area contributed by atoms with Gasteiger partial charge in [0.25, 0.3) is 5.24 Å². The summed E-state index contributed by atoms with van der Waals surface area (Å²) in [5.41, 5.74) is 5.33. The van der Waals surface area contributed by atoms with E-state index in [0.717, 1.165) is 31.0 Å². The lowest BCUT2D eigenvalue weighted by Gasteiger charge is -2.11. The molecule has 0 spiro atoms. The summed E-state index contributed by atoms with van der Waals surface area (Å²) in [6.45, 7) is 1.24. The van der Waals surface area contributed by atoms with Gasteiger partial charge in [-0.15, -0.1) is 12.4 Å². The van der Waals surface area contributed by atoms with Crippen LogP contribution in [0, 0.1) is 0 Å². The molecule has 0 aromatic rings. The maximum Gasteiger partial charge on any atom is 0.288 e. The van der Waals surface area contributed by atoms with E-state index < -0.39 is 0 Å². The van der Waals surface area contributed by atoms with Gasteiger partial charge in [-0.25, -0.2) is 0 Å². The van der Waals surface area contributed by atoms with Crippen LogP contribution in [0.25, 0.3) is 0 Å². The molecule has 1 aliphatic heterocycles. The standard InChI is InChI=1S/C8H14N2O2S.ClH/c9-4-2-1-3-5-10-7(11)6-13-8(10)12;/h1-6,9H2;1H. The Bertz CT molecular complexity index is 198. The number of carbonyl (C=O) groups excluding carboxylic acids is 2. The second kappa shape index (κ2) is 7.09. The number of hydrogen-bond acceptors (Lipinski definition) is 4. The van der Waals surface area contributed by atoms with Crippen molar-refractivity contribution in [2.24, 2.45) is 5.73 Å². The van der Waals surface area contributed by atoms with Gasteiger partial charge < -0.3 is 5.73 Å². The Kier molecular flexibility index (Phi) is 6.96. The molecular formula is C8H15ClN2O2S. The molecule has 2 amide bonds. The van der Waals surface area contributed by atoms with E-state index in [1.807, 2.05) is 0 Å². The average molecular weight is 239 g/mol. The third-order valence-electron chi connectivity index (χ3n) is 1.93. The van der Waals surface area contributed by atoms with Crippen molar-refractivity contribution in [3.8, 4) is 0 Å². The summed E-state index contributed by atoms with van der Waals surface area (Å²) < 4.78 is 0. The minimum atomic E-state index is -0.0993. The highest BCUT2D eigenvalue weighted by molar-refractivity contribution is 8.14. The van der Waals surface area contributed by atoms with Crippen molar-refractivity contribution in [1.29, 1.82) is 0 Å². The minimum Gasteiger partial charge on any atom is -0.330 e. The van der Waals surface area contributed by atoms with E-state index in [1.54, 1.807) is 0 Å². The Labute approximate surface area is 94.0 Å². The Balaban J connectivity index is 0.00000169. The predicted octanol–water partition coefficient (Wildman–Crippen LogP) is 1.23. The second-order valence-electron chi connectivity index (χ2n) is 2.95. The van der Waals surface area contributed by atoms with E-state index in [-0.39, 0.29) is 23.6 Å². The van der Waals surface area contributed by atoms with E-state index in [2.05, 4.69) is 0 Å². The first-order valence-corrected chi connectivity index (χ1v) is 5.41. The van der Waals surface area contributed by atoms with Gasteiger partial charge in [0, 0.05) is 6.54 Å². The summed E-state index contributed by atoms with van der Waals surface area (Å²) in [7, 11) is 0. The van der Waals surface area contributed by atoms with Crippen LogP contribution in [0.5, 0.6) is 0 Å². The smallest absolute Gasteiger partial charge is 0.288 e. The summed E-state index contributed by atoms with van der Waals surface area (Å²) in [6.07, 6.45) is 2.82. The van der Waals surface area contributed by atoms with E-state index >= 15 is 0 Å². The fraction of sp³-hybridized carbons (Fsp3) is 0.750. The molecule has 1 rings (SSSR count). The summed E-state index contributed by atoms with van der Waals surface area (Å²) in [5, 5.41) is -0.0993. The highest BCUT2D eigenvalue weighted by Crippen LogP contribution is 2.18. The summed E-state index contributed by atoms with van der Waals surface area (Å²) in [6, 6.07) is 0. The molecule has 2 N–H and O–H groups in total. The van der Waals surface area contributed by atoms with Crippen molar-refractivity contribution in [2.75, 3.05) is 18.8 Å². The molecule has 14 heavy (non-hydrogen) atoms. The SMILES string of the molecule is Cl.NCCCCCN1C(=O)CSC1=O. The molecule has 0 bridgehead atoms. The maximum atomic E-state index is 11.1. The number of carbonyl (C=O) groups is 2. The Morgan fingerprint density at radius 1 is 1.29 bits per heavy atom. The van der Waals surface area contributed by atoms with Crippen LogP contribution in [0.1, 0.15) is 19.3 Å². The van der Waals surface area contributed by atoms with Crippen LogP contribution in [-0.4, -0.2) is 34.9 Å². The molecule has 4 nitrogen and oxygen atoms in total. The number of halogens is 1. The Hall–Kier alpha value is -0.260. The number of hydrogen-bond donors (Lipinski definition) is 1. The van der Waals surface area contributed by atoms with Crippen molar-refractivity contribution >= 4 is 35.3 Å². The van der Waals surface area contributed by atoms with Crippen molar-refractivity contribution in [1.82, 2.24) is 4.90 Å². The zero-order valence-corrected chi connectivity index (χ0v) is 9.53. The van der Waals surface area contributed by atoms with Crippen LogP contribution < -0.4 is 5.73 Å². The fourth-order valence-corrected chi connectivity index (χ4v) is 1.94. The number of amides is 2. The molecule has 0 aliphatic carbocycles. The van der Waals surface area contributed by atoms with Crippen molar-refractivity contribution < 1.29 is 9.59 Å². The van der Waals surface area contributed by atoms with Gasteiger partial charge in [-0.3, -0.25) is 14.5 Å². The molecule has 0 unspecified atom stereocenters. The number of rotatable bonds is 5. The van der Waals surface area contributed by atoms with Gasteiger partial charge in [0.1, 0.15) is 0 Å². The van der Waals surface area contributed by atoms with Crippen molar-refractivity contribution in [3.63, 3.8) is 0 Å². The summed E-state index contributed by atoms with van der Waals surface area (Å²) in [4.78, 5) is 23.5. The van der Waals surface area contributed by atoms with E-state index in [4.69, 9.17) is 5.73 Å². The van der Waals surface area contributed by atoms with Gasteiger partial charge in [-0.2, -0.15) is 0 Å². The highest BCUT2D eigenvalue weighted by atomic mass is 35.5. The molecule has 0 saturated carbocycles. The molecule has 1 heterocycles. The molecule has 1 aliphatic rings. The van der Waals surface area contributed by atoms with Crippen LogP contribution in [0.15, 0.2) is 0 Å². The fourth-order valence-electron chi connectivity index (χ4n) is 1.19. The average Bonchev–Trinajstić information content (AvgIpc) is 2.42. The molecule has 1 saturated heterocycles. The van der Waals surface area contributed by atoms with Crippen LogP contribution in [-0.2, 0) is 4.79 Å². The number of thioether (sulfide) groups is 1. The molecule has 0 radical (unpaired) electrons. The monoisotopic (exact) mass is 238 g/mol. The predicted molar refractivity (Wildman–Crippen MR) is 59.7 cm³/mol. The lowest BCUT2D eigenvalue weighted by atomic mass is 10.2. The zero-order chi connectivity index (χ0) is 9.68. The van der Waals surface area contributed by atoms with Crippen LogP contribution in [0.4, 0.5) is 4.79 Å². The third kappa shape index (κ3) is 3.86. The van der Waals surface area contributed by atoms with E-state index in [9.17, 15) is 9.59 Å². The molecule has 0 atom stereocenters. The first-order valence-electron chi connectivity index (χ1n) is 4.43. The van der Waals surface area contributed by atoms with Crippen LogP contribution >= 0.6 is 24.2 Å². The number of nitrogens with two attached hydrogens (primary N) is 1. The van der Waals surface area contributed by atoms with Gasteiger partial charge in [0.05, 0.1) is 5.75 Å². The minimum absolute atomic E-state index is 0. The molecule has 82 valence electrons. The van der Waals surface area contributed by atoms with E-state index in [0.29, 0.717) is 18.8 Å². The molecular weight excluding hydrogens is 224 g/mol. The van der Waals surface area contributed by atoms with Gasteiger partial charge in [-0.1, -0.05) is 18.2 Å². The molecule has 1 fully saturated rings. The number of nitrogens with zero attached hydrogens (tertiary/aromatic N) is 1. The topological polar surface area (TPSA) is 63.4 Å². The van der Waals surface area contributed by atoms with E-state index in [1.165, 1.54) is 4.90 Å². The van der Waals surface area contributed by atoms with Crippen LogP contribution in [0.2, 0.25) is 0 Å². The zero-order valence-electron chi connectivity index (χ0n) is 7.90. The lowest BCUT2D eigenvalue weighted by Crippen LogP contribution is -2.29. The number of imide groups is 1. The highest BCUT2D eigenvalue weighted by Gasteiger charge is 2.28.